The summed E-state index contributed by atoms with van der Waals surface area (Å²) in [6.07, 6.45) is 11.8. The maximum atomic E-state index is 12.2. The first-order valence-corrected chi connectivity index (χ1v) is 11.3. The summed E-state index contributed by atoms with van der Waals surface area (Å²) < 4.78 is 12.2. The predicted octanol–water partition coefficient (Wildman–Crippen LogP) is 5.76. The molecule has 0 aromatic rings. The molecule has 0 heterocycles. The first-order valence-electron chi connectivity index (χ1n) is 10.2. The van der Waals surface area contributed by atoms with Crippen molar-refractivity contribution in [3.8, 4) is 0 Å². The van der Waals surface area contributed by atoms with Crippen molar-refractivity contribution in [1.82, 2.24) is 0 Å². The maximum absolute atomic E-state index is 12.2. The third-order valence-electron chi connectivity index (χ3n) is 4.59. The van der Waals surface area contributed by atoms with Crippen LogP contribution >= 0.6 is 22.6 Å². The van der Waals surface area contributed by atoms with E-state index in [1.165, 1.54) is 25.7 Å². The summed E-state index contributed by atoms with van der Waals surface area (Å²) in [5.41, 5.74) is 0. The molecule has 0 aromatic heterocycles. The lowest BCUT2D eigenvalue weighted by Crippen LogP contribution is -2.25. The Morgan fingerprint density at radius 1 is 1.12 bits per heavy atom. The second-order valence-electron chi connectivity index (χ2n) is 7.38. The van der Waals surface area contributed by atoms with E-state index in [1.54, 1.807) is 6.08 Å². The number of carbonyl (C=O) groups excluding carboxylic acids is 2. The van der Waals surface area contributed by atoms with Crippen molar-refractivity contribution in [2.75, 3.05) is 6.61 Å². The van der Waals surface area contributed by atoms with Gasteiger partial charge in [0.2, 0.25) is 0 Å². The number of ketones is 1. The van der Waals surface area contributed by atoms with Crippen molar-refractivity contribution < 1.29 is 19.1 Å². The van der Waals surface area contributed by atoms with Crippen LogP contribution in [0.1, 0.15) is 85.0 Å². The van der Waals surface area contributed by atoms with Crippen LogP contribution < -0.4 is 0 Å². The number of ether oxygens (including phenoxy) is 2. The van der Waals surface area contributed by atoms with Crippen LogP contribution in [0.15, 0.2) is 9.66 Å². The molecule has 0 fully saturated rings. The third kappa shape index (κ3) is 9.49. The van der Waals surface area contributed by atoms with Crippen LogP contribution in [0.3, 0.4) is 0 Å². The zero-order chi connectivity index (χ0) is 19.4. The monoisotopic (exact) mass is 478 g/mol. The molecule has 4 nitrogen and oxygen atoms in total. The van der Waals surface area contributed by atoms with Gasteiger partial charge in [0.05, 0.1) is 18.1 Å². The molecule has 1 rings (SSSR count). The Morgan fingerprint density at radius 3 is 2.50 bits per heavy atom. The molecule has 5 heteroatoms. The Labute approximate surface area is 172 Å². The number of hydrogen-bond acceptors (Lipinski definition) is 4. The zero-order valence-corrected chi connectivity index (χ0v) is 18.8. The summed E-state index contributed by atoms with van der Waals surface area (Å²) in [6, 6.07) is 0. The van der Waals surface area contributed by atoms with Gasteiger partial charge in [-0.25, -0.2) is 0 Å². The Bertz CT molecular complexity index is 459. The first-order chi connectivity index (χ1) is 12.5. The Morgan fingerprint density at radius 2 is 1.81 bits per heavy atom. The lowest BCUT2D eigenvalue weighted by Gasteiger charge is -2.20. The van der Waals surface area contributed by atoms with Gasteiger partial charge in [-0.15, -0.1) is 0 Å². The molecule has 0 saturated heterocycles. The Kier molecular flexibility index (Phi) is 12.4. The normalized spacial score (nSPS) is 19.9. The van der Waals surface area contributed by atoms with Gasteiger partial charge in [-0.3, -0.25) is 9.59 Å². The van der Waals surface area contributed by atoms with E-state index >= 15 is 0 Å². The van der Waals surface area contributed by atoms with E-state index in [0.717, 1.165) is 35.7 Å². The molecule has 2 unspecified atom stereocenters. The van der Waals surface area contributed by atoms with Crippen LogP contribution in [0.2, 0.25) is 0 Å². The summed E-state index contributed by atoms with van der Waals surface area (Å²) in [5.74, 6) is 0.110. The van der Waals surface area contributed by atoms with Gasteiger partial charge in [0.25, 0.3) is 0 Å². The largest absolute Gasteiger partial charge is 0.463 e. The minimum absolute atomic E-state index is 0.00421. The lowest BCUT2D eigenvalue weighted by molar-refractivity contribution is -0.147. The van der Waals surface area contributed by atoms with Crippen LogP contribution in [0.25, 0.3) is 0 Å². The summed E-state index contributed by atoms with van der Waals surface area (Å²) in [5, 5.41) is 0. The fraction of sp³-hybridized carbons (Fsp3) is 0.810. The fourth-order valence-corrected chi connectivity index (χ4v) is 4.12. The molecule has 0 saturated carbocycles. The molecule has 2 atom stereocenters. The van der Waals surface area contributed by atoms with Gasteiger partial charge in [-0.05, 0) is 61.8 Å². The number of halogens is 1. The molecular formula is C21H35IO4. The summed E-state index contributed by atoms with van der Waals surface area (Å²) >= 11 is 2.24. The lowest BCUT2D eigenvalue weighted by atomic mass is 9.95. The number of esters is 1. The van der Waals surface area contributed by atoms with Crippen LogP contribution in [0.4, 0.5) is 0 Å². The van der Waals surface area contributed by atoms with E-state index in [1.807, 2.05) is 13.8 Å². The standard InChI is InChI=1S/C21H35IO4/c1-4-5-6-7-9-12-17-19(23)15-18(22)21(17)25-14-11-8-10-13-20(24)26-16(2)3/h15-17,21H,4-14H2,1-3H3. The SMILES string of the molecule is CCCCCCCC1C(=O)C=C(I)C1OCCCCCC(=O)OC(C)C. The highest BCUT2D eigenvalue weighted by molar-refractivity contribution is 14.1. The highest BCUT2D eigenvalue weighted by Gasteiger charge is 2.35. The first kappa shape index (κ1) is 23.6. The van der Waals surface area contributed by atoms with Crippen molar-refractivity contribution in [3.05, 3.63) is 9.66 Å². The quantitative estimate of drug-likeness (QED) is 0.181. The van der Waals surface area contributed by atoms with Gasteiger partial charge >= 0.3 is 5.97 Å². The number of allylic oxidation sites excluding steroid dienone is 1. The zero-order valence-electron chi connectivity index (χ0n) is 16.6. The van der Waals surface area contributed by atoms with Gasteiger partial charge in [0.15, 0.2) is 5.78 Å². The third-order valence-corrected chi connectivity index (χ3v) is 5.52. The van der Waals surface area contributed by atoms with Gasteiger partial charge < -0.3 is 9.47 Å². The van der Waals surface area contributed by atoms with E-state index in [4.69, 9.17) is 9.47 Å². The second kappa shape index (κ2) is 13.7. The number of hydrogen-bond donors (Lipinski definition) is 0. The van der Waals surface area contributed by atoms with Crippen LogP contribution in [0, 0.1) is 5.92 Å². The molecule has 26 heavy (non-hydrogen) atoms. The minimum atomic E-state index is -0.122. The Hall–Kier alpha value is -0.430. The van der Waals surface area contributed by atoms with Gasteiger partial charge in [0.1, 0.15) is 0 Å². The average Bonchev–Trinajstić information content (AvgIpc) is 2.83. The summed E-state index contributed by atoms with van der Waals surface area (Å²) in [4.78, 5) is 23.7. The molecule has 0 bridgehead atoms. The minimum Gasteiger partial charge on any atom is -0.463 e. The van der Waals surface area contributed by atoms with E-state index in [0.29, 0.717) is 13.0 Å². The molecule has 0 amide bonds. The molecule has 150 valence electrons. The van der Waals surface area contributed by atoms with Gasteiger partial charge in [0, 0.05) is 16.6 Å². The van der Waals surface area contributed by atoms with Crippen LogP contribution in [-0.2, 0) is 19.1 Å². The number of rotatable bonds is 14. The summed E-state index contributed by atoms with van der Waals surface area (Å²) in [6.45, 7) is 6.59. The molecular weight excluding hydrogens is 443 g/mol. The molecule has 1 aliphatic carbocycles. The molecule has 0 radical (unpaired) electrons. The average molecular weight is 478 g/mol. The molecule has 0 aromatic carbocycles. The van der Waals surface area contributed by atoms with E-state index in [2.05, 4.69) is 29.5 Å². The van der Waals surface area contributed by atoms with E-state index < -0.39 is 0 Å². The van der Waals surface area contributed by atoms with Crippen molar-refractivity contribution in [3.63, 3.8) is 0 Å². The second-order valence-corrected chi connectivity index (χ2v) is 8.63. The van der Waals surface area contributed by atoms with Crippen LogP contribution in [-0.4, -0.2) is 30.6 Å². The van der Waals surface area contributed by atoms with Crippen molar-refractivity contribution in [2.24, 2.45) is 5.92 Å². The van der Waals surface area contributed by atoms with Gasteiger partial charge in [-0.1, -0.05) is 45.4 Å². The molecule has 0 N–H and O–H groups in total. The maximum Gasteiger partial charge on any atom is 0.306 e. The smallest absolute Gasteiger partial charge is 0.306 e. The van der Waals surface area contributed by atoms with Crippen molar-refractivity contribution >= 4 is 34.3 Å². The molecule has 1 aliphatic rings. The van der Waals surface area contributed by atoms with Crippen molar-refractivity contribution in [1.29, 1.82) is 0 Å². The predicted molar refractivity (Wildman–Crippen MR) is 113 cm³/mol. The van der Waals surface area contributed by atoms with E-state index in [-0.39, 0.29) is 29.9 Å². The summed E-state index contributed by atoms with van der Waals surface area (Å²) in [7, 11) is 0. The highest BCUT2D eigenvalue weighted by Crippen LogP contribution is 2.33. The number of carbonyl (C=O) groups is 2. The Balaban J connectivity index is 2.21. The topological polar surface area (TPSA) is 52.6 Å². The fourth-order valence-electron chi connectivity index (χ4n) is 3.20. The number of unbranched alkanes of at least 4 members (excludes halogenated alkanes) is 6. The van der Waals surface area contributed by atoms with E-state index in [9.17, 15) is 9.59 Å². The van der Waals surface area contributed by atoms with Crippen molar-refractivity contribution in [2.45, 2.75) is 97.2 Å². The van der Waals surface area contributed by atoms with Crippen LogP contribution in [0.5, 0.6) is 0 Å². The molecule has 0 aliphatic heterocycles. The molecule has 0 spiro atoms. The highest BCUT2D eigenvalue weighted by atomic mass is 127. The van der Waals surface area contributed by atoms with Gasteiger partial charge in [-0.2, -0.15) is 0 Å².